The molecule has 0 saturated heterocycles. The van der Waals surface area contributed by atoms with Crippen molar-refractivity contribution in [3.05, 3.63) is 60.4 Å². The van der Waals surface area contributed by atoms with Crippen molar-refractivity contribution >= 4 is 29.1 Å². The van der Waals surface area contributed by atoms with Crippen LogP contribution in [0.1, 0.15) is 23.2 Å². The van der Waals surface area contributed by atoms with Gasteiger partial charge in [-0.2, -0.15) is 5.10 Å². The smallest absolute Gasteiger partial charge is 0.254 e. The van der Waals surface area contributed by atoms with Crippen LogP contribution < -0.4 is 16.0 Å². The lowest BCUT2D eigenvalue weighted by molar-refractivity contribution is -0.118. The van der Waals surface area contributed by atoms with Crippen LogP contribution in [0.5, 0.6) is 0 Å². The molecule has 1 unspecified atom stereocenters. The Morgan fingerprint density at radius 1 is 1.07 bits per heavy atom. The van der Waals surface area contributed by atoms with Crippen molar-refractivity contribution in [1.82, 2.24) is 20.5 Å². The van der Waals surface area contributed by atoms with Gasteiger partial charge in [0, 0.05) is 17.7 Å². The first-order chi connectivity index (χ1) is 14.1. The number of anilines is 2. The molecular formula is C20H18N6O3. The van der Waals surface area contributed by atoms with E-state index in [0.29, 0.717) is 22.8 Å². The fraction of sp³-hybridized carbons (Fsp3) is 0.150. The Labute approximate surface area is 165 Å². The van der Waals surface area contributed by atoms with E-state index in [1.54, 1.807) is 36.4 Å². The largest absolute Gasteiger partial charge is 0.340 e. The summed E-state index contributed by atoms with van der Waals surface area (Å²) in [7, 11) is 0. The maximum absolute atomic E-state index is 12.4. The third kappa shape index (κ3) is 4.13. The van der Waals surface area contributed by atoms with E-state index < -0.39 is 6.04 Å². The number of rotatable bonds is 5. The molecule has 2 aromatic carbocycles. The van der Waals surface area contributed by atoms with Gasteiger partial charge >= 0.3 is 0 Å². The molecule has 0 bridgehead atoms. The average Bonchev–Trinajstić information content (AvgIpc) is 3.23. The van der Waals surface area contributed by atoms with Gasteiger partial charge in [0.1, 0.15) is 12.4 Å². The maximum Gasteiger partial charge on any atom is 0.254 e. The lowest BCUT2D eigenvalue weighted by Crippen LogP contribution is -2.41. The number of amides is 3. The topological polar surface area (TPSA) is 129 Å². The standard InChI is InChI=1S/C20H18N6O3/c27-17(23-13-7-5-12(6-8-13)18-21-11-22-26-18)10-9-16-20(29)24-15-4-2-1-3-14(15)19(28)25-16/h1-8,11,16H,9-10H2,(H,23,27)(H,24,29)(H,25,28)(H,21,22,26). The molecule has 0 spiro atoms. The number of fused-ring (bicyclic) bond motifs is 1. The number of aromatic amines is 1. The molecule has 9 heteroatoms. The van der Waals surface area contributed by atoms with Crippen LogP contribution in [0.3, 0.4) is 0 Å². The molecule has 1 aromatic heterocycles. The molecule has 2 heterocycles. The van der Waals surface area contributed by atoms with Crippen LogP contribution in [0.15, 0.2) is 54.9 Å². The van der Waals surface area contributed by atoms with Crippen LogP contribution in [0, 0.1) is 0 Å². The van der Waals surface area contributed by atoms with Crippen molar-refractivity contribution < 1.29 is 14.4 Å². The minimum absolute atomic E-state index is 0.0819. The van der Waals surface area contributed by atoms with Gasteiger partial charge < -0.3 is 16.0 Å². The average molecular weight is 390 g/mol. The molecule has 0 saturated carbocycles. The van der Waals surface area contributed by atoms with Crippen molar-refractivity contribution in [3.8, 4) is 11.4 Å². The summed E-state index contributed by atoms with van der Waals surface area (Å²) in [5.41, 5.74) is 2.34. The van der Waals surface area contributed by atoms with Crippen LogP contribution in [-0.2, 0) is 9.59 Å². The van der Waals surface area contributed by atoms with Crippen molar-refractivity contribution in [2.24, 2.45) is 0 Å². The molecule has 146 valence electrons. The fourth-order valence-corrected chi connectivity index (χ4v) is 3.07. The Kier molecular flexibility index (Phi) is 5.02. The zero-order chi connectivity index (χ0) is 20.2. The van der Waals surface area contributed by atoms with E-state index >= 15 is 0 Å². The van der Waals surface area contributed by atoms with Crippen molar-refractivity contribution in [3.63, 3.8) is 0 Å². The predicted octanol–water partition coefficient (Wildman–Crippen LogP) is 1.94. The third-order valence-corrected chi connectivity index (χ3v) is 4.57. The van der Waals surface area contributed by atoms with E-state index in [0.717, 1.165) is 5.56 Å². The second-order valence-electron chi connectivity index (χ2n) is 6.56. The number of benzene rings is 2. The highest BCUT2D eigenvalue weighted by Crippen LogP contribution is 2.20. The summed E-state index contributed by atoms with van der Waals surface area (Å²) in [6.45, 7) is 0. The Balaban J connectivity index is 1.34. The molecule has 0 radical (unpaired) electrons. The van der Waals surface area contributed by atoms with E-state index in [1.165, 1.54) is 6.33 Å². The predicted molar refractivity (Wildman–Crippen MR) is 106 cm³/mol. The number of carbonyl (C=O) groups is 3. The Bertz CT molecular complexity index is 1050. The van der Waals surface area contributed by atoms with Crippen LogP contribution >= 0.6 is 0 Å². The number of aromatic nitrogens is 3. The van der Waals surface area contributed by atoms with Crippen molar-refractivity contribution in [1.29, 1.82) is 0 Å². The lowest BCUT2D eigenvalue weighted by atomic mass is 10.1. The lowest BCUT2D eigenvalue weighted by Gasteiger charge is -2.14. The summed E-state index contributed by atoms with van der Waals surface area (Å²) in [6.07, 6.45) is 1.69. The van der Waals surface area contributed by atoms with Gasteiger partial charge in [0.25, 0.3) is 5.91 Å². The number of para-hydroxylation sites is 1. The number of hydrogen-bond donors (Lipinski definition) is 4. The third-order valence-electron chi connectivity index (χ3n) is 4.57. The molecule has 1 atom stereocenters. The summed E-state index contributed by atoms with van der Waals surface area (Å²) in [4.78, 5) is 41.0. The second-order valence-corrected chi connectivity index (χ2v) is 6.56. The number of carbonyl (C=O) groups excluding carboxylic acids is 3. The quantitative estimate of drug-likeness (QED) is 0.529. The highest BCUT2D eigenvalue weighted by Gasteiger charge is 2.27. The first-order valence-corrected chi connectivity index (χ1v) is 9.06. The minimum Gasteiger partial charge on any atom is -0.340 e. The van der Waals surface area contributed by atoms with Gasteiger partial charge in [-0.15, -0.1) is 0 Å². The van der Waals surface area contributed by atoms with Gasteiger partial charge in [0.15, 0.2) is 5.82 Å². The van der Waals surface area contributed by atoms with Gasteiger partial charge in [0.05, 0.1) is 11.3 Å². The molecule has 1 aliphatic rings. The molecule has 4 N–H and O–H groups in total. The summed E-state index contributed by atoms with van der Waals surface area (Å²) in [6, 6.07) is 13.1. The maximum atomic E-state index is 12.4. The molecular weight excluding hydrogens is 372 g/mol. The van der Waals surface area contributed by atoms with Crippen LogP contribution in [0.25, 0.3) is 11.4 Å². The monoisotopic (exact) mass is 390 g/mol. The van der Waals surface area contributed by atoms with Gasteiger partial charge in [-0.25, -0.2) is 4.98 Å². The normalized spacial score (nSPS) is 15.7. The van der Waals surface area contributed by atoms with E-state index in [4.69, 9.17) is 0 Å². The second kappa shape index (κ2) is 7.93. The van der Waals surface area contributed by atoms with E-state index in [1.807, 2.05) is 12.1 Å². The highest BCUT2D eigenvalue weighted by atomic mass is 16.2. The molecule has 3 amide bonds. The summed E-state index contributed by atoms with van der Waals surface area (Å²) in [5, 5.41) is 14.8. The number of hydrogen-bond acceptors (Lipinski definition) is 5. The zero-order valence-electron chi connectivity index (χ0n) is 15.3. The SMILES string of the molecule is O=C(CCC1NC(=O)c2ccccc2NC1=O)Nc1ccc(-c2ncn[nH]2)cc1. The van der Waals surface area contributed by atoms with E-state index in [9.17, 15) is 14.4 Å². The Hall–Kier alpha value is -4.01. The highest BCUT2D eigenvalue weighted by molar-refractivity contribution is 6.10. The molecule has 29 heavy (non-hydrogen) atoms. The van der Waals surface area contributed by atoms with Gasteiger partial charge in [0.2, 0.25) is 11.8 Å². The molecule has 1 aliphatic heterocycles. The molecule has 4 rings (SSSR count). The summed E-state index contributed by atoms with van der Waals surface area (Å²) in [5.74, 6) is -0.292. The van der Waals surface area contributed by atoms with Gasteiger partial charge in [-0.3, -0.25) is 19.5 Å². The molecule has 9 nitrogen and oxygen atoms in total. The van der Waals surface area contributed by atoms with Gasteiger partial charge in [-0.1, -0.05) is 12.1 Å². The first kappa shape index (κ1) is 18.4. The van der Waals surface area contributed by atoms with Crippen molar-refractivity contribution in [2.45, 2.75) is 18.9 Å². The number of H-pyrrole nitrogens is 1. The van der Waals surface area contributed by atoms with Crippen LogP contribution in [-0.4, -0.2) is 38.9 Å². The fourth-order valence-electron chi connectivity index (χ4n) is 3.07. The molecule has 3 aromatic rings. The Morgan fingerprint density at radius 3 is 2.62 bits per heavy atom. The van der Waals surface area contributed by atoms with Crippen LogP contribution in [0.2, 0.25) is 0 Å². The van der Waals surface area contributed by atoms with Gasteiger partial charge in [-0.05, 0) is 42.8 Å². The molecule has 0 aliphatic carbocycles. The Morgan fingerprint density at radius 2 is 1.86 bits per heavy atom. The summed E-state index contributed by atoms with van der Waals surface area (Å²) < 4.78 is 0. The number of nitrogens with zero attached hydrogens (tertiary/aromatic N) is 2. The molecule has 0 fully saturated rings. The number of nitrogens with one attached hydrogen (secondary N) is 4. The summed E-state index contributed by atoms with van der Waals surface area (Å²) >= 11 is 0. The van der Waals surface area contributed by atoms with E-state index in [-0.39, 0.29) is 30.6 Å². The zero-order valence-corrected chi connectivity index (χ0v) is 15.3. The minimum atomic E-state index is -0.783. The first-order valence-electron chi connectivity index (χ1n) is 9.06. The van der Waals surface area contributed by atoms with Crippen LogP contribution in [0.4, 0.5) is 11.4 Å². The van der Waals surface area contributed by atoms with Crippen molar-refractivity contribution in [2.75, 3.05) is 10.6 Å². The van der Waals surface area contributed by atoms with E-state index in [2.05, 4.69) is 31.1 Å².